The summed E-state index contributed by atoms with van der Waals surface area (Å²) in [6.45, 7) is 9.25. The van der Waals surface area contributed by atoms with E-state index in [9.17, 15) is 8.42 Å². The number of sulfone groups is 1. The van der Waals surface area contributed by atoms with Gasteiger partial charge in [-0.1, -0.05) is 27.2 Å². The van der Waals surface area contributed by atoms with Crippen LogP contribution in [-0.2, 0) is 9.84 Å². The van der Waals surface area contributed by atoms with Crippen molar-refractivity contribution in [2.75, 3.05) is 6.54 Å². The summed E-state index contributed by atoms with van der Waals surface area (Å²) < 4.78 is 24.9. The molecule has 2 rings (SSSR count). The van der Waals surface area contributed by atoms with Crippen LogP contribution in [0.3, 0.4) is 0 Å². The number of hydrogen-bond donors (Lipinski definition) is 1. The van der Waals surface area contributed by atoms with Crippen LogP contribution >= 0.6 is 0 Å². The zero-order chi connectivity index (χ0) is 13.6. The highest BCUT2D eigenvalue weighted by Gasteiger charge is 2.47. The molecule has 1 heterocycles. The molecule has 18 heavy (non-hydrogen) atoms. The van der Waals surface area contributed by atoms with Gasteiger partial charge in [-0.2, -0.15) is 0 Å². The van der Waals surface area contributed by atoms with E-state index in [4.69, 9.17) is 0 Å². The van der Waals surface area contributed by atoms with Gasteiger partial charge < -0.3 is 5.32 Å². The van der Waals surface area contributed by atoms with Gasteiger partial charge >= 0.3 is 0 Å². The highest BCUT2D eigenvalue weighted by Crippen LogP contribution is 2.43. The second-order valence-corrected chi connectivity index (χ2v) is 9.39. The lowest BCUT2D eigenvalue weighted by molar-refractivity contribution is 0.136. The lowest BCUT2D eigenvalue weighted by Crippen LogP contribution is -2.58. The zero-order valence-electron chi connectivity index (χ0n) is 12.1. The van der Waals surface area contributed by atoms with E-state index in [1.807, 2.05) is 6.92 Å². The lowest BCUT2D eigenvalue weighted by Gasteiger charge is -2.46. The Morgan fingerprint density at radius 2 is 1.94 bits per heavy atom. The molecular formula is C14H27NO2S. The first-order valence-electron chi connectivity index (χ1n) is 7.25. The summed E-state index contributed by atoms with van der Waals surface area (Å²) in [5.74, 6) is 0.547. The summed E-state index contributed by atoms with van der Waals surface area (Å²) in [7, 11) is -2.93. The summed E-state index contributed by atoms with van der Waals surface area (Å²) in [5.41, 5.74) is 0.265. The van der Waals surface area contributed by atoms with Crippen molar-refractivity contribution in [2.45, 2.75) is 69.9 Å². The third-order valence-electron chi connectivity index (χ3n) is 5.46. The Labute approximate surface area is 112 Å². The fourth-order valence-electron chi connectivity index (χ4n) is 3.46. The summed E-state index contributed by atoms with van der Waals surface area (Å²) >= 11 is 0. The van der Waals surface area contributed by atoms with Crippen LogP contribution in [0.2, 0.25) is 0 Å². The van der Waals surface area contributed by atoms with Gasteiger partial charge in [0.15, 0.2) is 9.84 Å². The van der Waals surface area contributed by atoms with Crippen LogP contribution in [-0.4, -0.2) is 31.5 Å². The molecule has 0 spiro atoms. The van der Waals surface area contributed by atoms with Crippen molar-refractivity contribution in [3.05, 3.63) is 0 Å². The maximum absolute atomic E-state index is 12.5. The quantitative estimate of drug-likeness (QED) is 0.840. The van der Waals surface area contributed by atoms with Crippen LogP contribution in [0.1, 0.15) is 53.4 Å². The van der Waals surface area contributed by atoms with Gasteiger partial charge in [0.25, 0.3) is 0 Å². The predicted molar refractivity (Wildman–Crippen MR) is 75.4 cm³/mol. The fourth-order valence-corrected chi connectivity index (χ4v) is 5.57. The van der Waals surface area contributed by atoms with E-state index in [1.165, 1.54) is 6.42 Å². The van der Waals surface area contributed by atoms with Crippen LogP contribution < -0.4 is 5.32 Å². The average molecular weight is 273 g/mol. The first-order chi connectivity index (χ1) is 8.29. The molecule has 0 aromatic rings. The highest BCUT2D eigenvalue weighted by molar-refractivity contribution is 7.92. The molecule has 1 saturated carbocycles. The van der Waals surface area contributed by atoms with E-state index in [-0.39, 0.29) is 22.0 Å². The molecular weight excluding hydrogens is 246 g/mol. The van der Waals surface area contributed by atoms with Crippen molar-refractivity contribution < 1.29 is 8.42 Å². The van der Waals surface area contributed by atoms with E-state index in [0.29, 0.717) is 12.5 Å². The van der Waals surface area contributed by atoms with Gasteiger partial charge in [-0.3, -0.25) is 0 Å². The molecule has 106 valence electrons. The smallest absolute Gasteiger partial charge is 0.158 e. The van der Waals surface area contributed by atoms with E-state index in [1.54, 1.807) is 0 Å². The van der Waals surface area contributed by atoms with Crippen LogP contribution in [0.5, 0.6) is 0 Å². The van der Waals surface area contributed by atoms with E-state index in [0.717, 1.165) is 19.3 Å². The first-order valence-corrected chi connectivity index (χ1v) is 8.86. The van der Waals surface area contributed by atoms with Crippen molar-refractivity contribution in [2.24, 2.45) is 11.3 Å². The molecule has 1 aliphatic carbocycles. The normalized spacial score (nSPS) is 40.2. The van der Waals surface area contributed by atoms with E-state index >= 15 is 0 Å². The van der Waals surface area contributed by atoms with Crippen molar-refractivity contribution in [3.63, 3.8) is 0 Å². The third-order valence-corrected chi connectivity index (χ3v) is 8.11. The van der Waals surface area contributed by atoms with Gasteiger partial charge in [0.05, 0.1) is 10.5 Å². The Hall–Kier alpha value is -0.0900. The minimum atomic E-state index is -2.93. The van der Waals surface area contributed by atoms with E-state index < -0.39 is 9.84 Å². The molecule has 0 bridgehead atoms. The molecule has 4 unspecified atom stereocenters. The maximum Gasteiger partial charge on any atom is 0.158 e. The Balaban J connectivity index is 2.20. The second kappa shape index (κ2) is 4.78. The number of rotatable bonds is 2. The summed E-state index contributed by atoms with van der Waals surface area (Å²) in [5, 5.41) is 3.07. The average Bonchev–Trinajstić information content (AvgIpc) is 2.34. The first kappa shape index (κ1) is 14.3. The van der Waals surface area contributed by atoms with Crippen molar-refractivity contribution in [3.8, 4) is 0 Å². The molecule has 0 aromatic heterocycles. The molecule has 4 atom stereocenters. The molecule has 0 amide bonds. The molecule has 0 radical (unpaired) electrons. The Morgan fingerprint density at radius 3 is 2.56 bits per heavy atom. The van der Waals surface area contributed by atoms with Crippen molar-refractivity contribution in [1.29, 1.82) is 0 Å². The topological polar surface area (TPSA) is 46.2 Å². The van der Waals surface area contributed by atoms with Crippen LogP contribution in [0.4, 0.5) is 0 Å². The second-order valence-electron chi connectivity index (χ2n) is 6.80. The van der Waals surface area contributed by atoms with Gasteiger partial charge in [-0.05, 0) is 37.5 Å². The van der Waals surface area contributed by atoms with Crippen LogP contribution in [0.25, 0.3) is 0 Å². The standard InChI is InChI=1S/C14H27NO2S/c1-5-14(3,4)11-6-7-12-13(8-11)18(16,17)10(2)9-15-12/h10-13,15H,5-9H2,1-4H3. The van der Waals surface area contributed by atoms with Crippen LogP contribution in [0.15, 0.2) is 0 Å². The molecule has 2 fully saturated rings. The summed E-state index contributed by atoms with van der Waals surface area (Å²) in [4.78, 5) is 0. The Morgan fingerprint density at radius 1 is 1.28 bits per heavy atom. The molecule has 1 N–H and O–H groups in total. The molecule has 0 aromatic carbocycles. The number of fused-ring (bicyclic) bond motifs is 1. The molecule has 2 aliphatic rings. The number of hydrogen-bond acceptors (Lipinski definition) is 3. The lowest BCUT2D eigenvalue weighted by atomic mass is 9.68. The molecule has 1 saturated heterocycles. The Bertz CT molecular complexity index is 402. The largest absolute Gasteiger partial charge is 0.311 e. The minimum absolute atomic E-state index is 0.147. The summed E-state index contributed by atoms with van der Waals surface area (Å²) in [6.07, 6.45) is 4.16. The monoisotopic (exact) mass is 273 g/mol. The van der Waals surface area contributed by atoms with Crippen molar-refractivity contribution >= 4 is 9.84 Å². The summed E-state index contributed by atoms with van der Waals surface area (Å²) in [6, 6.07) is 0.204. The van der Waals surface area contributed by atoms with Gasteiger partial charge in [-0.15, -0.1) is 0 Å². The van der Waals surface area contributed by atoms with E-state index in [2.05, 4.69) is 26.1 Å². The molecule has 1 aliphatic heterocycles. The van der Waals surface area contributed by atoms with Gasteiger partial charge in [0.2, 0.25) is 0 Å². The van der Waals surface area contributed by atoms with Crippen LogP contribution in [0, 0.1) is 11.3 Å². The molecule has 3 nitrogen and oxygen atoms in total. The number of nitrogens with one attached hydrogen (secondary N) is 1. The maximum atomic E-state index is 12.5. The fraction of sp³-hybridized carbons (Fsp3) is 1.00. The minimum Gasteiger partial charge on any atom is -0.311 e. The van der Waals surface area contributed by atoms with Gasteiger partial charge in [0, 0.05) is 12.6 Å². The Kier molecular flexibility index (Phi) is 3.81. The molecule has 4 heteroatoms. The predicted octanol–water partition coefficient (Wildman–Crippen LogP) is 2.37. The van der Waals surface area contributed by atoms with Gasteiger partial charge in [0.1, 0.15) is 0 Å². The van der Waals surface area contributed by atoms with Gasteiger partial charge in [-0.25, -0.2) is 8.42 Å². The third kappa shape index (κ3) is 2.34. The van der Waals surface area contributed by atoms with Crippen molar-refractivity contribution in [1.82, 2.24) is 5.32 Å². The SMILES string of the molecule is CCC(C)(C)C1CCC2NCC(C)S(=O)(=O)C2C1. The highest BCUT2D eigenvalue weighted by atomic mass is 32.2. The zero-order valence-corrected chi connectivity index (χ0v) is 12.9.